The van der Waals surface area contributed by atoms with Crippen LogP contribution in [0.3, 0.4) is 0 Å². The first-order valence-electron chi connectivity index (χ1n) is 7.80. The van der Waals surface area contributed by atoms with Gasteiger partial charge in [0.05, 0.1) is 0 Å². The van der Waals surface area contributed by atoms with Crippen molar-refractivity contribution in [3.05, 3.63) is 54.2 Å². The molecule has 106 valence electrons. The van der Waals surface area contributed by atoms with Gasteiger partial charge in [-0.3, -0.25) is 0 Å². The molecule has 0 bridgehead atoms. The summed E-state index contributed by atoms with van der Waals surface area (Å²) in [6.45, 7) is 4.71. The molecule has 0 N–H and O–H groups in total. The fourth-order valence-electron chi connectivity index (χ4n) is 3.78. The largest absolute Gasteiger partial charge is 0.223 e. The van der Waals surface area contributed by atoms with E-state index in [4.69, 9.17) is 0 Å². The van der Waals surface area contributed by atoms with Gasteiger partial charge in [-0.25, -0.2) is 0 Å². The normalized spacial score (nSPS) is 20.9. The average Bonchev–Trinajstić information content (AvgIpc) is 2.82. The highest BCUT2D eigenvalue weighted by Gasteiger charge is 2.34. The Morgan fingerprint density at radius 3 is 2.81 bits per heavy atom. The van der Waals surface area contributed by atoms with Crippen LogP contribution in [0.2, 0.25) is 0 Å². The fourth-order valence-corrected chi connectivity index (χ4v) is 5.04. The number of aromatic nitrogens is 1. The van der Waals surface area contributed by atoms with Crippen LogP contribution in [0.1, 0.15) is 31.9 Å². The van der Waals surface area contributed by atoms with Crippen LogP contribution in [0.4, 0.5) is 0 Å². The molecule has 0 radical (unpaired) electrons. The minimum atomic E-state index is 0.597. The van der Waals surface area contributed by atoms with Gasteiger partial charge in [-0.15, -0.1) is 11.3 Å². The van der Waals surface area contributed by atoms with Crippen molar-refractivity contribution in [1.29, 1.82) is 0 Å². The van der Waals surface area contributed by atoms with Gasteiger partial charge in [0.1, 0.15) is 4.88 Å². The second kappa shape index (κ2) is 4.96. The zero-order valence-electron chi connectivity index (χ0n) is 12.5. The van der Waals surface area contributed by atoms with Gasteiger partial charge >= 0.3 is 0 Å². The number of fused-ring (bicyclic) bond motifs is 5. The standard InChI is InChI=1S/C19H20NS/c1-3-16-13(2)12-15-14-8-4-5-10-18(14)21-19(15)17-9-6-7-11-20(16)17/h4-11,13,16H,3,12H2,1-2H3/q+1. The maximum absolute atomic E-state index is 2.51. The molecule has 2 atom stereocenters. The van der Waals surface area contributed by atoms with E-state index in [2.05, 4.69) is 67.1 Å². The second-order valence-electron chi connectivity index (χ2n) is 6.06. The van der Waals surface area contributed by atoms with Crippen LogP contribution in [0.15, 0.2) is 48.7 Å². The second-order valence-corrected chi connectivity index (χ2v) is 7.11. The molecule has 1 aliphatic rings. The average molecular weight is 294 g/mol. The highest BCUT2D eigenvalue weighted by atomic mass is 32.1. The maximum Gasteiger partial charge on any atom is 0.223 e. The van der Waals surface area contributed by atoms with Gasteiger partial charge in [-0.05, 0) is 29.5 Å². The summed E-state index contributed by atoms with van der Waals surface area (Å²) in [5.74, 6) is 0.667. The molecule has 0 saturated heterocycles. The van der Waals surface area contributed by atoms with Gasteiger partial charge in [-0.1, -0.05) is 32.0 Å². The van der Waals surface area contributed by atoms with Crippen LogP contribution in [-0.4, -0.2) is 0 Å². The Morgan fingerprint density at radius 2 is 1.95 bits per heavy atom. The molecule has 0 saturated carbocycles. The van der Waals surface area contributed by atoms with Crippen molar-refractivity contribution in [3.63, 3.8) is 0 Å². The van der Waals surface area contributed by atoms with Crippen molar-refractivity contribution in [1.82, 2.24) is 0 Å². The molecule has 0 aliphatic carbocycles. The number of hydrogen-bond donors (Lipinski definition) is 0. The first-order valence-corrected chi connectivity index (χ1v) is 8.62. The summed E-state index contributed by atoms with van der Waals surface area (Å²) in [6, 6.07) is 16.1. The first kappa shape index (κ1) is 13.0. The van der Waals surface area contributed by atoms with Crippen molar-refractivity contribution >= 4 is 21.4 Å². The Kier molecular flexibility index (Phi) is 3.07. The van der Waals surface area contributed by atoms with Gasteiger partial charge in [0.15, 0.2) is 12.2 Å². The van der Waals surface area contributed by atoms with Gasteiger partial charge in [0.2, 0.25) is 5.69 Å². The molecular weight excluding hydrogens is 274 g/mol. The van der Waals surface area contributed by atoms with E-state index >= 15 is 0 Å². The van der Waals surface area contributed by atoms with Crippen molar-refractivity contribution in [3.8, 4) is 10.6 Å². The molecule has 21 heavy (non-hydrogen) atoms. The third-order valence-electron chi connectivity index (χ3n) is 4.78. The molecule has 2 unspecified atom stereocenters. The molecule has 1 aromatic carbocycles. The molecule has 1 aliphatic heterocycles. The Morgan fingerprint density at radius 1 is 1.14 bits per heavy atom. The van der Waals surface area contributed by atoms with E-state index in [0.29, 0.717) is 12.0 Å². The Balaban J connectivity index is 2.06. The van der Waals surface area contributed by atoms with E-state index in [1.165, 1.54) is 33.5 Å². The van der Waals surface area contributed by atoms with Crippen LogP contribution < -0.4 is 4.57 Å². The third-order valence-corrected chi connectivity index (χ3v) is 6.02. The third kappa shape index (κ3) is 1.93. The zero-order chi connectivity index (χ0) is 14.4. The summed E-state index contributed by atoms with van der Waals surface area (Å²) in [5.41, 5.74) is 2.95. The molecule has 2 heteroatoms. The number of rotatable bonds is 1. The number of pyridine rings is 1. The summed E-state index contributed by atoms with van der Waals surface area (Å²) in [6.07, 6.45) is 4.63. The van der Waals surface area contributed by atoms with Gasteiger partial charge in [-0.2, -0.15) is 4.57 Å². The Bertz CT molecular complexity index is 802. The van der Waals surface area contributed by atoms with Crippen molar-refractivity contribution in [2.24, 2.45) is 5.92 Å². The monoisotopic (exact) mass is 294 g/mol. The lowest BCUT2D eigenvalue weighted by Gasteiger charge is -2.16. The van der Waals surface area contributed by atoms with Crippen LogP contribution in [-0.2, 0) is 6.42 Å². The van der Waals surface area contributed by atoms with E-state index < -0.39 is 0 Å². The summed E-state index contributed by atoms with van der Waals surface area (Å²) in [4.78, 5) is 1.47. The van der Waals surface area contributed by atoms with Crippen LogP contribution in [0.25, 0.3) is 20.7 Å². The SMILES string of the molecule is CCC1C(C)Cc2c(sc3ccccc23)-c2cccc[n+]21. The lowest BCUT2D eigenvalue weighted by Crippen LogP contribution is -2.43. The van der Waals surface area contributed by atoms with E-state index in [1.807, 2.05) is 11.3 Å². The van der Waals surface area contributed by atoms with Gasteiger partial charge in [0, 0.05) is 29.2 Å². The topological polar surface area (TPSA) is 3.88 Å². The minimum absolute atomic E-state index is 0.597. The van der Waals surface area contributed by atoms with Crippen molar-refractivity contribution < 1.29 is 4.57 Å². The van der Waals surface area contributed by atoms with Gasteiger partial charge in [0.25, 0.3) is 0 Å². The summed E-state index contributed by atoms with van der Waals surface area (Å²) >= 11 is 1.95. The molecule has 3 aromatic rings. The molecular formula is C19H20NS+. The summed E-state index contributed by atoms with van der Waals surface area (Å²) in [5, 5.41) is 1.46. The quantitative estimate of drug-likeness (QED) is 0.556. The molecule has 2 aromatic heterocycles. The Labute approximate surface area is 129 Å². The lowest BCUT2D eigenvalue weighted by molar-refractivity contribution is -0.719. The van der Waals surface area contributed by atoms with Gasteiger partial charge < -0.3 is 0 Å². The van der Waals surface area contributed by atoms with E-state index in [9.17, 15) is 0 Å². The predicted molar refractivity (Wildman–Crippen MR) is 89.7 cm³/mol. The van der Waals surface area contributed by atoms with E-state index in [1.54, 1.807) is 5.56 Å². The van der Waals surface area contributed by atoms with Crippen molar-refractivity contribution in [2.75, 3.05) is 0 Å². The lowest BCUT2D eigenvalue weighted by atomic mass is 9.92. The molecule has 1 nitrogen and oxygen atoms in total. The number of benzene rings is 1. The molecule has 4 rings (SSSR count). The molecule has 0 amide bonds. The smallest absolute Gasteiger partial charge is 0.195 e. The minimum Gasteiger partial charge on any atom is -0.195 e. The summed E-state index contributed by atoms with van der Waals surface area (Å²) in [7, 11) is 0. The molecule has 0 spiro atoms. The number of hydrogen-bond acceptors (Lipinski definition) is 1. The van der Waals surface area contributed by atoms with E-state index in [-0.39, 0.29) is 0 Å². The van der Waals surface area contributed by atoms with Crippen LogP contribution >= 0.6 is 11.3 Å². The molecule has 3 heterocycles. The number of thiophene rings is 1. The number of nitrogens with zero attached hydrogens (tertiary/aromatic N) is 1. The highest BCUT2D eigenvalue weighted by Crippen LogP contribution is 2.42. The highest BCUT2D eigenvalue weighted by molar-refractivity contribution is 7.22. The predicted octanol–water partition coefficient (Wildman–Crippen LogP) is 5.00. The zero-order valence-corrected chi connectivity index (χ0v) is 13.4. The summed E-state index contributed by atoms with van der Waals surface area (Å²) < 4.78 is 3.92. The van der Waals surface area contributed by atoms with Crippen LogP contribution in [0.5, 0.6) is 0 Å². The van der Waals surface area contributed by atoms with Crippen LogP contribution in [0, 0.1) is 5.92 Å². The van der Waals surface area contributed by atoms with E-state index in [0.717, 1.165) is 0 Å². The Hall–Kier alpha value is -1.67. The fraction of sp³-hybridized carbons (Fsp3) is 0.316. The molecule has 0 fully saturated rings. The first-order chi connectivity index (χ1) is 10.3. The maximum atomic E-state index is 2.51. The van der Waals surface area contributed by atoms with Crippen molar-refractivity contribution in [2.45, 2.75) is 32.7 Å².